The molecule has 15 heteroatoms. The van der Waals surface area contributed by atoms with Crippen molar-refractivity contribution in [3.8, 4) is 11.1 Å². The van der Waals surface area contributed by atoms with Gasteiger partial charge < -0.3 is 24.8 Å². The Morgan fingerprint density at radius 1 is 0.825 bits per heavy atom. The third-order valence-electron chi connectivity index (χ3n) is 13.1. The molecule has 0 radical (unpaired) electrons. The maximum atomic E-state index is 14.0. The van der Waals surface area contributed by atoms with Crippen LogP contribution in [0, 0.1) is 20.8 Å². The van der Waals surface area contributed by atoms with Crippen molar-refractivity contribution in [3.63, 3.8) is 0 Å². The molecule has 0 unspecified atom stereocenters. The number of amides is 6. The number of aryl methyl sites for hydroxylation is 2. The first-order valence-corrected chi connectivity index (χ1v) is 22.0. The number of hydrogen-bond acceptors (Lipinski definition) is 10. The van der Waals surface area contributed by atoms with Crippen molar-refractivity contribution in [3.05, 3.63) is 116 Å². The zero-order valence-corrected chi connectivity index (χ0v) is 36.7. The number of fused-ring (bicyclic) bond motifs is 1. The second-order valence-electron chi connectivity index (χ2n) is 17.1. The molecule has 1 aromatic heterocycles. The van der Waals surface area contributed by atoms with Gasteiger partial charge in [0.2, 0.25) is 5.91 Å². The molecule has 3 fully saturated rings. The van der Waals surface area contributed by atoms with E-state index in [0.717, 1.165) is 100 Å². The predicted octanol–water partition coefficient (Wildman–Crippen LogP) is 5.46. The average molecular weight is 857 g/mol. The molecule has 4 aliphatic heterocycles. The number of hydrogen-bond donors (Lipinski definition) is 3. The first-order chi connectivity index (χ1) is 30.3. The highest BCUT2D eigenvalue weighted by atomic mass is 16.5. The Morgan fingerprint density at radius 3 is 2.22 bits per heavy atom. The summed E-state index contributed by atoms with van der Waals surface area (Å²) in [5.74, 6) is -1.81. The number of pyridine rings is 1. The molecule has 0 atom stereocenters. The highest BCUT2D eigenvalue weighted by Gasteiger charge is 2.43. The fraction of sp³-hybridized carbons (Fsp3) is 0.417. The fourth-order valence-corrected chi connectivity index (χ4v) is 9.57. The van der Waals surface area contributed by atoms with Crippen LogP contribution in [0.4, 0.5) is 16.2 Å². The van der Waals surface area contributed by atoms with E-state index in [9.17, 15) is 28.8 Å². The van der Waals surface area contributed by atoms with Crippen molar-refractivity contribution in [2.75, 3.05) is 56.2 Å². The second-order valence-corrected chi connectivity index (χ2v) is 17.1. The summed E-state index contributed by atoms with van der Waals surface area (Å²) in [6.07, 6.45) is 3.71. The molecule has 15 nitrogen and oxygen atoms in total. The standard InChI is InChI=1S/C48H56N8O7/c1-6-54(37-16-21-63-22-17-37)42-26-34(25-39(31(42)4)44(58)49-27-41-29(2)23-30(3)50-45(41)59)33-8-10-36(11-9-33)53-18-13-35(14-19-53)52(5)28-32-7-12-38-40(24-32)47(61)56(46(38)60)55-20-15-43(57)51-48(55)62/h7-12,23-26,35,37H,6,13-22,27-28H2,1-5H3,(H,49,58)(H,50,59)(H,51,57,62). The average Bonchev–Trinajstić information content (AvgIpc) is 3.52. The number of H-pyrrole nitrogens is 1. The molecule has 0 bridgehead atoms. The molecule has 0 saturated carbocycles. The van der Waals surface area contributed by atoms with Crippen LogP contribution in [0.15, 0.2) is 65.5 Å². The number of nitrogens with one attached hydrogen (secondary N) is 3. The number of hydrazine groups is 1. The topological polar surface area (TPSA) is 168 Å². The lowest BCUT2D eigenvalue weighted by Crippen LogP contribution is -2.58. The van der Waals surface area contributed by atoms with Gasteiger partial charge in [0.25, 0.3) is 23.3 Å². The monoisotopic (exact) mass is 856 g/mol. The van der Waals surface area contributed by atoms with Crippen molar-refractivity contribution in [1.82, 2.24) is 30.5 Å². The van der Waals surface area contributed by atoms with Crippen molar-refractivity contribution in [2.24, 2.45) is 0 Å². The molecule has 3 aromatic carbocycles. The van der Waals surface area contributed by atoms with Crippen LogP contribution < -0.4 is 26.0 Å². The number of aromatic nitrogens is 1. The highest BCUT2D eigenvalue weighted by Crippen LogP contribution is 2.35. The molecule has 5 heterocycles. The number of nitrogens with zero attached hydrogens (tertiary/aromatic N) is 5. The van der Waals surface area contributed by atoms with Crippen LogP contribution in [0.1, 0.15) is 98.0 Å². The number of urea groups is 1. The van der Waals surface area contributed by atoms with E-state index in [0.29, 0.717) is 43.0 Å². The molecule has 330 valence electrons. The van der Waals surface area contributed by atoms with Gasteiger partial charge in [-0.1, -0.05) is 18.2 Å². The largest absolute Gasteiger partial charge is 0.381 e. The lowest BCUT2D eigenvalue weighted by atomic mass is 9.94. The van der Waals surface area contributed by atoms with Gasteiger partial charge in [-0.15, -0.1) is 0 Å². The van der Waals surface area contributed by atoms with Crippen molar-refractivity contribution in [2.45, 2.75) is 85.0 Å². The van der Waals surface area contributed by atoms with E-state index in [1.54, 1.807) is 12.1 Å². The maximum Gasteiger partial charge on any atom is 0.343 e. The molecule has 3 N–H and O–H groups in total. The molecule has 4 aromatic rings. The van der Waals surface area contributed by atoms with Gasteiger partial charge >= 0.3 is 6.03 Å². The third kappa shape index (κ3) is 8.85. The summed E-state index contributed by atoms with van der Waals surface area (Å²) in [6.45, 7) is 12.5. The Morgan fingerprint density at radius 2 is 1.54 bits per heavy atom. The number of carbonyl (C=O) groups is 5. The van der Waals surface area contributed by atoms with E-state index in [2.05, 4.69) is 74.6 Å². The zero-order valence-electron chi connectivity index (χ0n) is 36.7. The number of rotatable bonds is 12. The molecule has 8 rings (SSSR count). The van der Waals surface area contributed by atoms with E-state index in [1.807, 2.05) is 39.0 Å². The molecular formula is C48H56N8O7. The quantitative estimate of drug-likeness (QED) is 0.156. The summed E-state index contributed by atoms with van der Waals surface area (Å²) in [5, 5.41) is 7.06. The summed E-state index contributed by atoms with van der Waals surface area (Å²) >= 11 is 0. The van der Waals surface area contributed by atoms with Gasteiger partial charge in [-0.3, -0.25) is 34.2 Å². The minimum absolute atomic E-state index is 0.00695. The maximum absolute atomic E-state index is 14.0. The number of piperidine rings is 1. The van der Waals surface area contributed by atoms with Gasteiger partial charge in [-0.25, -0.2) is 9.80 Å². The molecular weight excluding hydrogens is 801 g/mol. The molecule has 6 amide bonds. The summed E-state index contributed by atoms with van der Waals surface area (Å²) in [6, 6.07) is 19.7. The van der Waals surface area contributed by atoms with E-state index in [-0.39, 0.29) is 42.1 Å². The second kappa shape index (κ2) is 18.2. The van der Waals surface area contributed by atoms with E-state index in [4.69, 9.17) is 4.74 Å². The van der Waals surface area contributed by atoms with Gasteiger partial charge in [0.1, 0.15) is 0 Å². The van der Waals surface area contributed by atoms with Crippen molar-refractivity contribution in [1.29, 1.82) is 0 Å². The number of carbonyl (C=O) groups excluding carboxylic acids is 5. The number of imide groups is 2. The Balaban J connectivity index is 0.942. The van der Waals surface area contributed by atoms with Gasteiger partial charge in [0.05, 0.1) is 17.7 Å². The normalized spacial score (nSPS) is 17.4. The van der Waals surface area contributed by atoms with Gasteiger partial charge in [0.15, 0.2) is 0 Å². The Labute approximate surface area is 367 Å². The van der Waals surface area contributed by atoms with Crippen LogP contribution in [0.25, 0.3) is 11.1 Å². The van der Waals surface area contributed by atoms with Crippen molar-refractivity contribution < 1.29 is 28.7 Å². The zero-order chi connectivity index (χ0) is 44.5. The van der Waals surface area contributed by atoms with Gasteiger partial charge in [0, 0.05) is 92.6 Å². The summed E-state index contributed by atoms with van der Waals surface area (Å²) in [7, 11) is 2.08. The predicted molar refractivity (Wildman–Crippen MR) is 240 cm³/mol. The third-order valence-corrected chi connectivity index (χ3v) is 13.1. The Hall–Kier alpha value is -6.32. The Bertz CT molecular complexity index is 2500. The summed E-state index contributed by atoms with van der Waals surface area (Å²) in [4.78, 5) is 87.3. The van der Waals surface area contributed by atoms with Crippen LogP contribution in [-0.4, -0.2) is 108 Å². The van der Waals surface area contributed by atoms with Crippen molar-refractivity contribution >= 4 is 41.0 Å². The molecule has 63 heavy (non-hydrogen) atoms. The summed E-state index contributed by atoms with van der Waals surface area (Å²) in [5.41, 5.74) is 8.94. The number of aromatic amines is 1. The molecule has 0 spiro atoms. The minimum Gasteiger partial charge on any atom is -0.381 e. The van der Waals surface area contributed by atoms with E-state index < -0.39 is 23.8 Å². The molecule has 0 aliphatic carbocycles. The smallest absolute Gasteiger partial charge is 0.343 e. The van der Waals surface area contributed by atoms with Gasteiger partial charge in [-0.05, 0) is 131 Å². The lowest BCUT2D eigenvalue weighted by Gasteiger charge is -2.38. The first-order valence-electron chi connectivity index (χ1n) is 22.0. The minimum atomic E-state index is -0.783. The number of benzene rings is 3. The van der Waals surface area contributed by atoms with E-state index >= 15 is 0 Å². The molecule has 4 aliphatic rings. The Kier molecular flexibility index (Phi) is 12.5. The number of ether oxygens (including phenoxy) is 1. The molecule has 3 saturated heterocycles. The van der Waals surface area contributed by atoms with Crippen LogP contribution in [-0.2, 0) is 22.6 Å². The fourth-order valence-electron chi connectivity index (χ4n) is 9.57. The van der Waals surface area contributed by atoms with E-state index in [1.165, 1.54) is 0 Å². The highest BCUT2D eigenvalue weighted by molar-refractivity contribution is 6.22. The van der Waals surface area contributed by atoms with Gasteiger partial charge in [-0.2, -0.15) is 5.01 Å². The van der Waals surface area contributed by atoms with Crippen LogP contribution in [0.3, 0.4) is 0 Å². The first kappa shape index (κ1) is 43.3. The van der Waals surface area contributed by atoms with Crippen LogP contribution in [0.2, 0.25) is 0 Å². The number of anilines is 2. The summed E-state index contributed by atoms with van der Waals surface area (Å²) < 4.78 is 5.70. The lowest BCUT2D eigenvalue weighted by molar-refractivity contribution is -0.122. The van der Waals surface area contributed by atoms with Crippen LogP contribution >= 0.6 is 0 Å². The van der Waals surface area contributed by atoms with Crippen LogP contribution in [0.5, 0.6) is 0 Å². The SMILES string of the molecule is CCN(c1cc(-c2ccc(N3CCC(N(C)Cc4ccc5c(c4)C(=O)N(N4CCC(=O)NC4=O)C5=O)CC3)cc2)cc(C(=O)NCc2c(C)cc(C)[nH]c2=O)c1C)C1CCOCC1.